The number of ether oxygens (including phenoxy) is 1. The van der Waals surface area contributed by atoms with Crippen molar-refractivity contribution < 1.29 is 9.53 Å². The number of nitrogens with zero attached hydrogens (tertiary/aromatic N) is 6. The number of nitriles is 1. The Morgan fingerprint density at radius 2 is 1.89 bits per heavy atom. The summed E-state index contributed by atoms with van der Waals surface area (Å²) in [7, 11) is 4.21. The standard InChI is InChI=1S/C26H25Cl2N7O2/c1-33(2)18-8-10-34(11-9-18)22-7-6-17(12-16(22)13-29)31-26-30-14-19-24(32-26)37-15-35(25(19)36)23-20(27)4-3-5-21(23)28/h3-7,12,14,18H,8-11,15H2,1-2H3,(H,30,31,32). The Balaban J connectivity index is 1.32. The molecule has 190 valence electrons. The topological polar surface area (TPSA) is 97.6 Å². The van der Waals surface area contributed by atoms with E-state index in [1.165, 1.54) is 11.1 Å². The van der Waals surface area contributed by atoms with Crippen molar-refractivity contribution >= 4 is 52.1 Å². The lowest BCUT2D eigenvalue weighted by atomic mass is 10.0. The largest absolute Gasteiger partial charge is 0.455 e. The van der Waals surface area contributed by atoms with Crippen LogP contribution in [0.25, 0.3) is 0 Å². The number of nitrogens with one attached hydrogen (secondary N) is 1. The highest BCUT2D eigenvalue weighted by molar-refractivity contribution is 6.40. The molecular formula is C26H25Cl2N7O2. The second kappa shape index (κ2) is 10.4. The van der Waals surface area contributed by atoms with Crippen molar-refractivity contribution in [3.05, 3.63) is 63.8 Å². The van der Waals surface area contributed by atoms with Gasteiger partial charge >= 0.3 is 0 Å². The summed E-state index contributed by atoms with van der Waals surface area (Å²) in [6, 6.07) is 13.5. The highest BCUT2D eigenvalue weighted by atomic mass is 35.5. The zero-order chi connectivity index (χ0) is 26.1. The van der Waals surface area contributed by atoms with E-state index >= 15 is 0 Å². The van der Waals surface area contributed by atoms with Crippen molar-refractivity contribution in [2.24, 2.45) is 0 Å². The van der Waals surface area contributed by atoms with Crippen molar-refractivity contribution in [1.82, 2.24) is 14.9 Å². The fourth-order valence-electron chi connectivity index (χ4n) is 4.66. The van der Waals surface area contributed by atoms with E-state index in [4.69, 9.17) is 27.9 Å². The SMILES string of the molecule is CN(C)C1CCN(c2ccc(Nc3ncc4c(n3)OCN(c3c(Cl)cccc3Cl)C4=O)cc2C#N)CC1. The molecule has 1 saturated heterocycles. The summed E-state index contributed by atoms with van der Waals surface area (Å²) in [6.45, 7) is 1.71. The third-order valence-electron chi connectivity index (χ3n) is 6.68. The lowest BCUT2D eigenvalue weighted by Crippen LogP contribution is -2.42. The number of hydrogen-bond donors (Lipinski definition) is 1. The van der Waals surface area contributed by atoms with E-state index in [0.717, 1.165) is 31.6 Å². The molecule has 1 N–H and O–H groups in total. The first kappa shape index (κ1) is 25.1. The van der Waals surface area contributed by atoms with Crippen molar-refractivity contribution in [2.75, 3.05) is 49.0 Å². The van der Waals surface area contributed by atoms with Gasteiger partial charge in [0.15, 0.2) is 6.73 Å². The van der Waals surface area contributed by atoms with Crippen LogP contribution in [0.5, 0.6) is 5.88 Å². The maximum Gasteiger partial charge on any atom is 0.268 e. The minimum atomic E-state index is -0.364. The smallest absolute Gasteiger partial charge is 0.268 e. The van der Waals surface area contributed by atoms with Crippen LogP contribution in [-0.2, 0) is 0 Å². The van der Waals surface area contributed by atoms with Crippen LogP contribution < -0.4 is 19.9 Å². The van der Waals surface area contributed by atoms with Crippen LogP contribution in [0.2, 0.25) is 10.0 Å². The van der Waals surface area contributed by atoms with Crippen LogP contribution in [-0.4, -0.2) is 60.7 Å². The number of carbonyl (C=O) groups excluding carboxylic acids is 1. The summed E-state index contributed by atoms with van der Waals surface area (Å²) >= 11 is 12.5. The third kappa shape index (κ3) is 5.01. The van der Waals surface area contributed by atoms with Crippen LogP contribution in [0.1, 0.15) is 28.8 Å². The fraction of sp³-hybridized carbons (Fsp3) is 0.308. The molecule has 1 fully saturated rings. The molecule has 0 aliphatic carbocycles. The van der Waals surface area contributed by atoms with Gasteiger partial charge in [0.25, 0.3) is 5.91 Å². The molecule has 0 saturated carbocycles. The summed E-state index contributed by atoms with van der Waals surface area (Å²) < 4.78 is 5.75. The summed E-state index contributed by atoms with van der Waals surface area (Å²) in [5, 5.41) is 13.6. The van der Waals surface area contributed by atoms with Gasteiger partial charge in [0, 0.05) is 31.0 Å². The molecule has 0 spiro atoms. The number of rotatable bonds is 5. The van der Waals surface area contributed by atoms with E-state index in [0.29, 0.717) is 33.0 Å². The van der Waals surface area contributed by atoms with Crippen LogP contribution in [0.3, 0.4) is 0 Å². The lowest BCUT2D eigenvalue weighted by molar-refractivity contribution is 0.0932. The normalized spacial score (nSPS) is 15.8. The molecule has 11 heteroatoms. The van der Waals surface area contributed by atoms with E-state index in [-0.39, 0.29) is 30.0 Å². The molecule has 3 heterocycles. The number of aromatic nitrogens is 2. The van der Waals surface area contributed by atoms with E-state index in [1.807, 2.05) is 12.1 Å². The lowest BCUT2D eigenvalue weighted by Gasteiger charge is -2.36. The average Bonchev–Trinajstić information content (AvgIpc) is 2.90. The van der Waals surface area contributed by atoms with Gasteiger partial charge in [0.2, 0.25) is 11.8 Å². The molecular weight excluding hydrogens is 513 g/mol. The first-order valence-corrected chi connectivity index (χ1v) is 12.6. The molecule has 2 aromatic carbocycles. The molecule has 0 unspecified atom stereocenters. The van der Waals surface area contributed by atoms with Gasteiger partial charge in [0.1, 0.15) is 11.6 Å². The Bertz CT molecular complexity index is 1360. The van der Waals surface area contributed by atoms with E-state index in [2.05, 4.69) is 45.2 Å². The third-order valence-corrected chi connectivity index (χ3v) is 7.29. The number of carbonyl (C=O) groups is 1. The van der Waals surface area contributed by atoms with E-state index in [1.54, 1.807) is 24.3 Å². The molecule has 5 rings (SSSR count). The summed E-state index contributed by atoms with van der Waals surface area (Å²) in [6.07, 6.45) is 3.51. The van der Waals surface area contributed by atoms with Gasteiger partial charge < -0.3 is 19.9 Å². The number of amides is 1. The van der Waals surface area contributed by atoms with Gasteiger partial charge in [-0.2, -0.15) is 10.2 Å². The number of halogens is 2. The second-order valence-corrected chi connectivity index (χ2v) is 9.95. The molecule has 0 atom stereocenters. The number of fused-ring (bicyclic) bond motifs is 1. The van der Waals surface area contributed by atoms with Gasteiger partial charge in [-0.15, -0.1) is 0 Å². The fourth-order valence-corrected chi connectivity index (χ4v) is 5.26. The Kier molecular flexibility index (Phi) is 7.07. The van der Waals surface area contributed by atoms with Crippen molar-refractivity contribution in [2.45, 2.75) is 18.9 Å². The molecule has 1 aromatic heterocycles. The minimum Gasteiger partial charge on any atom is -0.455 e. The molecule has 9 nitrogen and oxygen atoms in total. The van der Waals surface area contributed by atoms with Gasteiger partial charge in [-0.1, -0.05) is 29.3 Å². The second-order valence-electron chi connectivity index (χ2n) is 9.14. The summed E-state index contributed by atoms with van der Waals surface area (Å²) in [4.78, 5) is 27.6. The minimum absolute atomic E-state index is 0.0937. The first-order chi connectivity index (χ1) is 17.9. The van der Waals surface area contributed by atoms with Crippen LogP contribution in [0.15, 0.2) is 42.6 Å². The number of para-hydroxylation sites is 1. The van der Waals surface area contributed by atoms with Gasteiger partial charge in [-0.05, 0) is 57.3 Å². The average molecular weight is 538 g/mol. The van der Waals surface area contributed by atoms with Gasteiger partial charge in [-0.25, -0.2) is 4.98 Å². The Morgan fingerprint density at radius 1 is 1.16 bits per heavy atom. The Labute approximate surface area is 225 Å². The number of anilines is 4. The van der Waals surface area contributed by atoms with Crippen molar-refractivity contribution in [3.63, 3.8) is 0 Å². The quantitative estimate of drug-likeness (QED) is 0.489. The van der Waals surface area contributed by atoms with Crippen molar-refractivity contribution in [3.8, 4) is 11.9 Å². The van der Waals surface area contributed by atoms with Gasteiger partial charge in [0.05, 0.1) is 27.0 Å². The molecule has 2 aliphatic rings. The Hall–Kier alpha value is -3.58. The van der Waals surface area contributed by atoms with E-state index in [9.17, 15) is 10.1 Å². The number of hydrogen-bond acceptors (Lipinski definition) is 8. The maximum atomic E-state index is 13.1. The number of benzene rings is 2. The van der Waals surface area contributed by atoms with Crippen LogP contribution in [0.4, 0.5) is 23.0 Å². The maximum absolute atomic E-state index is 13.1. The Morgan fingerprint density at radius 3 is 2.57 bits per heavy atom. The number of piperidine rings is 1. The molecule has 1 amide bonds. The molecule has 3 aromatic rings. The predicted octanol–water partition coefficient (Wildman–Crippen LogP) is 4.93. The first-order valence-electron chi connectivity index (χ1n) is 11.8. The molecule has 0 radical (unpaired) electrons. The zero-order valence-corrected chi connectivity index (χ0v) is 21.9. The van der Waals surface area contributed by atoms with Crippen LogP contribution in [0, 0.1) is 11.3 Å². The zero-order valence-electron chi connectivity index (χ0n) is 20.4. The summed E-state index contributed by atoms with van der Waals surface area (Å²) in [5.41, 5.74) is 2.73. The van der Waals surface area contributed by atoms with Crippen molar-refractivity contribution in [1.29, 1.82) is 5.26 Å². The highest BCUT2D eigenvalue weighted by Gasteiger charge is 2.31. The highest BCUT2D eigenvalue weighted by Crippen LogP contribution is 2.37. The summed E-state index contributed by atoms with van der Waals surface area (Å²) in [5.74, 6) is 0.0407. The molecule has 0 bridgehead atoms. The van der Waals surface area contributed by atoms with Crippen LogP contribution >= 0.6 is 23.2 Å². The monoisotopic (exact) mass is 537 g/mol. The molecule has 2 aliphatic heterocycles. The van der Waals surface area contributed by atoms with Gasteiger partial charge in [-0.3, -0.25) is 9.69 Å². The predicted molar refractivity (Wildman–Crippen MR) is 144 cm³/mol. The molecule has 37 heavy (non-hydrogen) atoms. The van der Waals surface area contributed by atoms with E-state index < -0.39 is 0 Å².